The van der Waals surface area contributed by atoms with Gasteiger partial charge in [0, 0.05) is 50.2 Å². The molecule has 1 aromatic rings. The summed E-state index contributed by atoms with van der Waals surface area (Å²) in [6.45, 7) is 14.0. The second kappa shape index (κ2) is 11.1. The summed E-state index contributed by atoms with van der Waals surface area (Å²) < 4.78 is 0.691. The number of thiophene rings is 1. The Labute approximate surface area is 166 Å². The molecule has 0 saturated carbocycles. The van der Waals surface area contributed by atoms with Gasteiger partial charge in [-0.1, -0.05) is 18.5 Å². The van der Waals surface area contributed by atoms with Crippen LogP contribution in [0.4, 0.5) is 0 Å². The molecule has 0 amide bonds. The number of aliphatic hydroxyl groups is 1. The molecule has 1 aliphatic rings. The van der Waals surface area contributed by atoms with Crippen molar-refractivity contribution in [3.8, 4) is 0 Å². The van der Waals surface area contributed by atoms with E-state index in [4.69, 9.17) is 16.6 Å². The number of piperazine rings is 1. The third kappa shape index (κ3) is 6.70. The largest absolute Gasteiger partial charge is 0.386 e. The van der Waals surface area contributed by atoms with E-state index in [0.29, 0.717) is 16.9 Å². The van der Waals surface area contributed by atoms with Crippen molar-refractivity contribution in [1.82, 2.24) is 20.4 Å². The summed E-state index contributed by atoms with van der Waals surface area (Å²) in [7, 11) is 0. The molecule has 2 heterocycles. The number of nitrogens with zero attached hydrogens (tertiary/aromatic N) is 3. The van der Waals surface area contributed by atoms with Crippen LogP contribution in [0.5, 0.6) is 0 Å². The first-order valence-corrected chi connectivity index (χ1v) is 10.6. The van der Waals surface area contributed by atoms with Gasteiger partial charge in [0.15, 0.2) is 5.96 Å². The van der Waals surface area contributed by atoms with Crippen LogP contribution in [0.3, 0.4) is 0 Å². The fourth-order valence-corrected chi connectivity index (χ4v) is 4.05. The van der Waals surface area contributed by atoms with Crippen molar-refractivity contribution in [2.45, 2.75) is 32.9 Å². The minimum atomic E-state index is -0.587. The van der Waals surface area contributed by atoms with Gasteiger partial charge in [-0.25, -0.2) is 0 Å². The van der Waals surface area contributed by atoms with Crippen LogP contribution in [0.1, 0.15) is 31.8 Å². The number of likely N-dealkylation sites (N-methyl/N-ethyl adjacent to an activating group) is 1. The first kappa shape index (κ1) is 21.4. The zero-order valence-electron chi connectivity index (χ0n) is 16.0. The number of hydrogen-bond donors (Lipinski definition) is 3. The highest BCUT2D eigenvalue weighted by molar-refractivity contribution is 7.16. The normalized spacial score (nSPS) is 19.3. The minimum absolute atomic E-state index is 0.408. The Morgan fingerprint density at radius 1 is 1.27 bits per heavy atom. The lowest BCUT2D eigenvalue weighted by Gasteiger charge is -2.37. The molecule has 0 radical (unpaired) electrons. The summed E-state index contributed by atoms with van der Waals surface area (Å²) in [5.41, 5.74) is 0. The van der Waals surface area contributed by atoms with Gasteiger partial charge in [-0.2, -0.15) is 0 Å². The summed E-state index contributed by atoms with van der Waals surface area (Å²) in [5.74, 6) is 0.744. The zero-order valence-corrected chi connectivity index (χ0v) is 17.6. The van der Waals surface area contributed by atoms with Crippen LogP contribution < -0.4 is 10.6 Å². The average molecular weight is 402 g/mol. The van der Waals surface area contributed by atoms with E-state index < -0.39 is 6.10 Å². The second-order valence-electron chi connectivity index (χ2n) is 6.58. The SMILES string of the molecule is CCNC(=NCC(C)N1CCN(CC)CC1)NCC(O)c1ccc(Cl)s1. The predicted molar refractivity (Wildman–Crippen MR) is 111 cm³/mol. The van der Waals surface area contributed by atoms with E-state index in [1.54, 1.807) is 0 Å². The van der Waals surface area contributed by atoms with Gasteiger partial charge in [0.1, 0.15) is 6.10 Å². The molecule has 1 aliphatic heterocycles. The van der Waals surface area contributed by atoms with Gasteiger partial charge >= 0.3 is 0 Å². The molecule has 148 valence electrons. The molecule has 3 N–H and O–H groups in total. The van der Waals surface area contributed by atoms with Crippen LogP contribution >= 0.6 is 22.9 Å². The van der Waals surface area contributed by atoms with Crippen molar-refractivity contribution in [1.29, 1.82) is 0 Å². The van der Waals surface area contributed by atoms with Crippen molar-refractivity contribution < 1.29 is 5.11 Å². The fraction of sp³-hybridized carbons (Fsp3) is 0.722. The van der Waals surface area contributed by atoms with E-state index in [1.165, 1.54) is 11.3 Å². The third-order valence-electron chi connectivity index (χ3n) is 4.72. The van der Waals surface area contributed by atoms with Crippen LogP contribution in [0.2, 0.25) is 4.34 Å². The van der Waals surface area contributed by atoms with E-state index in [0.717, 1.165) is 56.6 Å². The highest BCUT2D eigenvalue weighted by Crippen LogP contribution is 2.26. The Balaban J connectivity index is 1.81. The summed E-state index contributed by atoms with van der Waals surface area (Å²) in [4.78, 5) is 10.5. The average Bonchev–Trinajstić information content (AvgIpc) is 3.10. The Kier molecular flexibility index (Phi) is 9.15. The summed E-state index contributed by atoms with van der Waals surface area (Å²) in [6, 6.07) is 4.08. The molecule has 1 aromatic heterocycles. The van der Waals surface area contributed by atoms with E-state index in [9.17, 15) is 5.11 Å². The Morgan fingerprint density at radius 3 is 2.58 bits per heavy atom. The maximum absolute atomic E-state index is 10.3. The van der Waals surface area contributed by atoms with E-state index in [1.807, 2.05) is 19.1 Å². The maximum atomic E-state index is 10.3. The van der Waals surface area contributed by atoms with Crippen LogP contribution in [-0.2, 0) is 0 Å². The van der Waals surface area contributed by atoms with Crippen molar-refractivity contribution in [3.63, 3.8) is 0 Å². The zero-order chi connectivity index (χ0) is 18.9. The first-order valence-electron chi connectivity index (χ1n) is 9.45. The number of aliphatic hydroxyl groups excluding tert-OH is 1. The van der Waals surface area contributed by atoms with E-state index in [2.05, 4.69) is 34.3 Å². The molecule has 1 saturated heterocycles. The first-order chi connectivity index (χ1) is 12.5. The smallest absolute Gasteiger partial charge is 0.191 e. The predicted octanol–water partition coefficient (Wildman–Crippen LogP) is 2.02. The fourth-order valence-electron chi connectivity index (χ4n) is 3.00. The number of guanidine groups is 1. The highest BCUT2D eigenvalue weighted by atomic mass is 35.5. The third-order valence-corrected chi connectivity index (χ3v) is 6.05. The van der Waals surface area contributed by atoms with Crippen LogP contribution in [-0.4, -0.2) is 79.3 Å². The van der Waals surface area contributed by atoms with Crippen molar-refractivity contribution >= 4 is 28.9 Å². The number of rotatable bonds is 8. The van der Waals surface area contributed by atoms with Gasteiger partial charge < -0.3 is 20.6 Å². The Hall–Kier alpha value is -0.860. The summed E-state index contributed by atoms with van der Waals surface area (Å²) in [5, 5.41) is 16.7. The maximum Gasteiger partial charge on any atom is 0.191 e. The second-order valence-corrected chi connectivity index (χ2v) is 8.32. The number of hydrogen-bond acceptors (Lipinski definition) is 5. The molecule has 2 atom stereocenters. The lowest BCUT2D eigenvalue weighted by molar-refractivity contribution is 0.109. The number of halogens is 1. The van der Waals surface area contributed by atoms with Crippen LogP contribution in [0, 0.1) is 0 Å². The molecule has 2 unspecified atom stereocenters. The molecule has 1 fully saturated rings. The molecule has 0 bridgehead atoms. The van der Waals surface area contributed by atoms with Crippen molar-refractivity contribution in [3.05, 3.63) is 21.3 Å². The molecule has 0 aromatic carbocycles. The summed E-state index contributed by atoms with van der Waals surface area (Å²) in [6.07, 6.45) is -0.587. The molecule has 2 rings (SSSR count). The molecular weight excluding hydrogens is 370 g/mol. The van der Waals surface area contributed by atoms with Crippen LogP contribution in [0.25, 0.3) is 0 Å². The van der Waals surface area contributed by atoms with Crippen LogP contribution in [0.15, 0.2) is 17.1 Å². The van der Waals surface area contributed by atoms with Gasteiger partial charge in [-0.3, -0.25) is 9.89 Å². The molecule has 0 spiro atoms. The topological polar surface area (TPSA) is 63.1 Å². The van der Waals surface area contributed by atoms with Crippen molar-refractivity contribution in [2.24, 2.45) is 4.99 Å². The lowest BCUT2D eigenvalue weighted by Crippen LogP contribution is -2.50. The molecule has 26 heavy (non-hydrogen) atoms. The molecule has 0 aliphatic carbocycles. The van der Waals surface area contributed by atoms with Gasteiger partial charge in [0.05, 0.1) is 10.9 Å². The number of nitrogens with one attached hydrogen (secondary N) is 2. The Morgan fingerprint density at radius 2 is 2.00 bits per heavy atom. The molecular formula is C18H32ClN5OS. The van der Waals surface area contributed by atoms with E-state index in [-0.39, 0.29) is 0 Å². The Bertz CT molecular complexity index is 560. The number of aliphatic imine (C=N–C) groups is 1. The summed E-state index contributed by atoms with van der Waals surface area (Å²) >= 11 is 7.34. The van der Waals surface area contributed by atoms with Gasteiger partial charge in [-0.15, -0.1) is 11.3 Å². The quantitative estimate of drug-likeness (QED) is 0.459. The molecule has 6 nitrogen and oxygen atoms in total. The van der Waals surface area contributed by atoms with Gasteiger partial charge in [-0.05, 0) is 32.5 Å². The van der Waals surface area contributed by atoms with Crippen molar-refractivity contribution in [2.75, 3.05) is 52.4 Å². The standard InChI is InChI=1S/C18H32ClN5OS/c1-4-20-18(22-13-15(25)16-6-7-17(19)26-16)21-12-14(3)24-10-8-23(5-2)9-11-24/h6-7,14-15,25H,4-5,8-13H2,1-3H3,(H2,20,21,22). The highest BCUT2D eigenvalue weighted by Gasteiger charge is 2.20. The van der Waals surface area contributed by atoms with Gasteiger partial charge in [0.25, 0.3) is 0 Å². The minimum Gasteiger partial charge on any atom is -0.386 e. The monoisotopic (exact) mass is 401 g/mol. The lowest BCUT2D eigenvalue weighted by atomic mass is 10.2. The van der Waals surface area contributed by atoms with Gasteiger partial charge in [0.2, 0.25) is 0 Å². The van der Waals surface area contributed by atoms with E-state index >= 15 is 0 Å². The molecule has 8 heteroatoms.